The fourth-order valence-corrected chi connectivity index (χ4v) is 0.949. The van der Waals surface area contributed by atoms with E-state index in [0.717, 1.165) is 0 Å². The maximum Gasteiger partial charge on any atom is -0.0154 e. The first-order chi connectivity index (χ1) is 2.77. The van der Waals surface area contributed by atoms with E-state index < -0.39 is 0 Å². The maximum atomic E-state index is 3.78. The van der Waals surface area contributed by atoms with Gasteiger partial charge in [-0.1, -0.05) is 19.5 Å². The van der Waals surface area contributed by atoms with E-state index in [1.807, 2.05) is 0 Å². The summed E-state index contributed by atoms with van der Waals surface area (Å²) in [6.45, 7) is 2.16. The third-order valence-corrected chi connectivity index (χ3v) is 1.62. The molecule has 0 aliphatic carbocycles. The summed E-state index contributed by atoms with van der Waals surface area (Å²) < 4.78 is 0. The molecule has 0 aromatic rings. The molecule has 0 bridgehead atoms. The molecule has 0 amide bonds. The van der Waals surface area contributed by atoms with E-state index in [9.17, 15) is 0 Å². The van der Waals surface area contributed by atoms with E-state index in [1.54, 1.807) is 0 Å². The van der Waals surface area contributed by atoms with Crippen LogP contribution in [0, 0.1) is 0 Å². The molecular formula is C5H11P. The fraction of sp³-hybridized carbons (Fsp3) is 0.600. The van der Waals surface area contributed by atoms with Gasteiger partial charge in [-0.15, -0.1) is 7.17 Å². The summed E-state index contributed by atoms with van der Waals surface area (Å²) in [6.07, 6.45) is 10.0. The molecule has 1 heteroatoms. The van der Waals surface area contributed by atoms with Gasteiger partial charge in [-0.2, -0.15) is 0 Å². The first-order valence-corrected chi connectivity index (χ1v) is 4.05. The van der Waals surface area contributed by atoms with Crippen LogP contribution in [0.3, 0.4) is 0 Å². The molecule has 0 unspecified atom stereocenters. The Kier molecular flexibility index (Phi) is 3.26. The normalized spacial score (nSPS) is 8.17. The summed E-state index contributed by atoms with van der Waals surface area (Å²) in [5.41, 5.74) is 0. The molecule has 0 radical (unpaired) electrons. The Morgan fingerprint density at radius 2 is 2.00 bits per heavy atom. The zero-order chi connectivity index (χ0) is 4.99. The molecule has 0 heterocycles. The molecule has 36 valence electrons. The van der Waals surface area contributed by atoms with Gasteiger partial charge in [0.1, 0.15) is 0 Å². The van der Waals surface area contributed by atoms with Crippen molar-refractivity contribution in [3.63, 3.8) is 0 Å². The first kappa shape index (κ1) is 6.04. The smallest absolute Gasteiger partial charge is 0.0154 e. The van der Waals surface area contributed by atoms with Crippen LogP contribution in [0.25, 0.3) is 0 Å². The molecule has 0 aromatic carbocycles. The summed E-state index contributed by atoms with van der Waals surface area (Å²) >= 11 is 0. The molecule has 0 saturated heterocycles. The average Bonchev–Trinajstić information content (AvgIpc) is 1.35. The van der Waals surface area contributed by atoms with Crippen LogP contribution >= 0.6 is 7.17 Å². The van der Waals surface area contributed by atoms with Crippen LogP contribution in [-0.2, 0) is 0 Å². The van der Waals surface area contributed by atoms with Crippen LogP contribution in [0.5, 0.6) is 0 Å². The second-order valence-electron chi connectivity index (χ2n) is 1.39. The second-order valence-corrected chi connectivity index (χ2v) is 3.18. The Morgan fingerprint density at radius 1 is 1.50 bits per heavy atom. The lowest BCUT2D eigenvalue weighted by Gasteiger charge is -1.80. The molecule has 0 saturated carbocycles. The van der Waals surface area contributed by atoms with Crippen molar-refractivity contribution < 1.29 is 0 Å². The van der Waals surface area contributed by atoms with E-state index in [1.165, 1.54) is 12.6 Å². The molecule has 6 heavy (non-hydrogen) atoms. The highest BCUT2D eigenvalue weighted by atomic mass is 31.1. The largest absolute Gasteiger partial charge is 0.140 e. The van der Waals surface area contributed by atoms with Gasteiger partial charge in [0.25, 0.3) is 0 Å². The molecule has 0 N–H and O–H groups in total. The van der Waals surface area contributed by atoms with E-state index in [4.69, 9.17) is 0 Å². The number of hydrogen-bond acceptors (Lipinski definition) is 0. The van der Waals surface area contributed by atoms with Gasteiger partial charge in [-0.25, -0.2) is 0 Å². The van der Waals surface area contributed by atoms with Crippen molar-refractivity contribution in [3.8, 4) is 0 Å². The highest BCUT2D eigenvalue weighted by molar-refractivity contribution is 7.53. The SMILES string of the molecule is C=P(=C)CCC. The summed E-state index contributed by atoms with van der Waals surface area (Å²) in [7, 11) is -0.101. The highest BCUT2D eigenvalue weighted by Gasteiger charge is 1.67. The fourth-order valence-electron chi connectivity index (χ4n) is 0.316. The Balaban J connectivity index is 3.07. The van der Waals surface area contributed by atoms with E-state index in [-0.39, 0.29) is 7.17 Å². The van der Waals surface area contributed by atoms with Crippen LogP contribution in [-0.4, -0.2) is 18.8 Å². The standard InChI is InChI=1S/C5H11P/c1-4-5-6(2)3/h2-5H2,1H3. The minimum absolute atomic E-state index is 0.101. The maximum absolute atomic E-state index is 3.78. The van der Waals surface area contributed by atoms with Gasteiger partial charge in [0.15, 0.2) is 0 Å². The summed E-state index contributed by atoms with van der Waals surface area (Å²) in [4.78, 5) is 0. The highest BCUT2D eigenvalue weighted by Crippen LogP contribution is 2.00. The Hall–Kier alpha value is 0.0400. The lowest BCUT2D eigenvalue weighted by atomic mass is 10.6. The van der Waals surface area contributed by atoms with Crippen molar-refractivity contribution in [2.75, 3.05) is 6.16 Å². The molecule has 0 fully saturated rings. The topological polar surface area (TPSA) is 0 Å². The zero-order valence-electron chi connectivity index (χ0n) is 4.28. The lowest BCUT2D eigenvalue weighted by Crippen LogP contribution is -1.62. The van der Waals surface area contributed by atoms with Crippen molar-refractivity contribution in [2.24, 2.45) is 0 Å². The third-order valence-electron chi connectivity index (χ3n) is 0.540. The van der Waals surface area contributed by atoms with Gasteiger partial charge < -0.3 is 0 Å². The van der Waals surface area contributed by atoms with E-state index >= 15 is 0 Å². The van der Waals surface area contributed by atoms with Crippen LogP contribution in [0.2, 0.25) is 0 Å². The van der Waals surface area contributed by atoms with Crippen LogP contribution in [0.4, 0.5) is 0 Å². The summed E-state index contributed by atoms with van der Waals surface area (Å²) in [5.74, 6) is 0. The third kappa shape index (κ3) is 4.04. The molecule has 0 aliphatic heterocycles. The molecular weight excluding hydrogens is 91.0 g/mol. The minimum Gasteiger partial charge on any atom is -0.140 e. The van der Waals surface area contributed by atoms with E-state index in [0.29, 0.717) is 0 Å². The van der Waals surface area contributed by atoms with Crippen LogP contribution in [0.15, 0.2) is 0 Å². The molecule has 0 atom stereocenters. The van der Waals surface area contributed by atoms with Crippen molar-refractivity contribution in [2.45, 2.75) is 13.3 Å². The van der Waals surface area contributed by atoms with Gasteiger partial charge in [-0.05, 0) is 12.6 Å². The van der Waals surface area contributed by atoms with Gasteiger partial charge in [-0.3, -0.25) is 0 Å². The monoisotopic (exact) mass is 102 g/mol. The summed E-state index contributed by atoms with van der Waals surface area (Å²) in [5, 5.41) is 0. The van der Waals surface area contributed by atoms with Crippen molar-refractivity contribution in [1.82, 2.24) is 0 Å². The Morgan fingerprint density at radius 3 is 2.00 bits per heavy atom. The lowest BCUT2D eigenvalue weighted by molar-refractivity contribution is 1.11. The Labute approximate surface area is 40.2 Å². The molecule has 0 spiro atoms. The quantitative estimate of drug-likeness (QED) is 0.466. The van der Waals surface area contributed by atoms with Gasteiger partial charge in [0.05, 0.1) is 0 Å². The first-order valence-electron chi connectivity index (χ1n) is 2.16. The van der Waals surface area contributed by atoms with Gasteiger partial charge in [0, 0.05) is 0 Å². The molecule has 0 rings (SSSR count). The van der Waals surface area contributed by atoms with E-state index in [2.05, 4.69) is 19.5 Å². The number of hydrogen-bond donors (Lipinski definition) is 0. The van der Waals surface area contributed by atoms with Crippen molar-refractivity contribution in [3.05, 3.63) is 0 Å². The van der Waals surface area contributed by atoms with Crippen molar-refractivity contribution in [1.29, 1.82) is 0 Å². The minimum atomic E-state index is -0.101. The second kappa shape index (κ2) is 3.24. The van der Waals surface area contributed by atoms with Crippen LogP contribution < -0.4 is 0 Å². The zero-order valence-corrected chi connectivity index (χ0v) is 5.17. The summed E-state index contributed by atoms with van der Waals surface area (Å²) in [6, 6.07) is 0. The van der Waals surface area contributed by atoms with Gasteiger partial charge >= 0.3 is 0 Å². The molecule has 0 aromatic heterocycles. The average molecular weight is 102 g/mol. The Bertz CT molecular complexity index is 71.9. The molecule has 0 aliphatic rings. The predicted octanol–water partition coefficient (Wildman–Crippen LogP) is 1.74. The predicted molar refractivity (Wildman–Crippen MR) is 36.3 cm³/mol. The van der Waals surface area contributed by atoms with Crippen molar-refractivity contribution >= 4 is 19.8 Å². The molecule has 0 nitrogen and oxygen atoms in total. The van der Waals surface area contributed by atoms with Gasteiger partial charge in [0.2, 0.25) is 0 Å². The van der Waals surface area contributed by atoms with Crippen LogP contribution in [0.1, 0.15) is 13.3 Å². The number of rotatable bonds is 2.